The molecule has 0 aromatic carbocycles. The molecule has 1 aliphatic rings. The minimum absolute atomic E-state index is 0.420. The van der Waals surface area contributed by atoms with Crippen molar-refractivity contribution in [3.63, 3.8) is 0 Å². The first-order valence-corrected chi connectivity index (χ1v) is 9.21. The smallest absolute Gasteiger partial charge is 0.150 e. The fraction of sp³-hybridized carbons (Fsp3) is 0.412. The Morgan fingerprint density at radius 3 is 3.12 bits per heavy atom. The summed E-state index contributed by atoms with van der Waals surface area (Å²) in [6, 6.07) is 6.33. The number of aromatic nitrogens is 5. The van der Waals surface area contributed by atoms with Crippen molar-refractivity contribution in [1.29, 1.82) is 0 Å². The second-order valence-electron chi connectivity index (χ2n) is 5.96. The molecule has 124 valence electrons. The third-order valence-electron chi connectivity index (χ3n) is 4.23. The Bertz CT molecular complexity index is 810. The third kappa shape index (κ3) is 3.22. The molecule has 1 N–H and O–H groups in total. The fourth-order valence-corrected chi connectivity index (χ4v) is 3.72. The van der Waals surface area contributed by atoms with Gasteiger partial charge in [-0.3, -0.25) is 4.98 Å². The van der Waals surface area contributed by atoms with Crippen LogP contribution in [0.2, 0.25) is 0 Å². The first kappa shape index (κ1) is 15.4. The topological polar surface area (TPSA) is 68.5 Å². The molecule has 1 unspecified atom stereocenters. The molecule has 6 nitrogen and oxygen atoms in total. The van der Waals surface area contributed by atoms with E-state index >= 15 is 0 Å². The van der Waals surface area contributed by atoms with Crippen molar-refractivity contribution in [2.75, 3.05) is 0 Å². The van der Waals surface area contributed by atoms with Gasteiger partial charge in [0.15, 0.2) is 5.82 Å². The van der Waals surface area contributed by atoms with Crippen molar-refractivity contribution < 1.29 is 0 Å². The lowest BCUT2D eigenvalue weighted by molar-refractivity contribution is 0.356. The van der Waals surface area contributed by atoms with Crippen LogP contribution in [0.1, 0.15) is 30.7 Å². The Balaban J connectivity index is 1.37. The normalized spacial score (nSPS) is 17.0. The second kappa shape index (κ2) is 6.78. The molecule has 3 aromatic rings. The SMILES string of the molecule is CCc1nc2n(n1)CC(NCc1csc(-c3ccccn3)n1)CC2. The van der Waals surface area contributed by atoms with Crippen molar-refractivity contribution in [1.82, 2.24) is 30.0 Å². The minimum Gasteiger partial charge on any atom is -0.306 e. The van der Waals surface area contributed by atoms with Crippen molar-refractivity contribution in [3.8, 4) is 10.7 Å². The maximum absolute atomic E-state index is 4.69. The predicted molar refractivity (Wildman–Crippen MR) is 93.7 cm³/mol. The van der Waals surface area contributed by atoms with Crippen LogP contribution in [0.25, 0.3) is 10.7 Å². The highest BCUT2D eigenvalue weighted by molar-refractivity contribution is 7.13. The van der Waals surface area contributed by atoms with E-state index in [1.165, 1.54) is 0 Å². The molecule has 0 amide bonds. The molecular weight excluding hydrogens is 320 g/mol. The van der Waals surface area contributed by atoms with E-state index in [2.05, 4.69) is 42.4 Å². The Labute approximate surface area is 145 Å². The molecule has 0 fully saturated rings. The predicted octanol–water partition coefficient (Wildman–Crippen LogP) is 2.46. The molecule has 0 spiro atoms. The summed E-state index contributed by atoms with van der Waals surface area (Å²) >= 11 is 1.64. The number of nitrogens with zero attached hydrogens (tertiary/aromatic N) is 5. The van der Waals surface area contributed by atoms with Crippen molar-refractivity contribution in [2.24, 2.45) is 0 Å². The van der Waals surface area contributed by atoms with E-state index in [9.17, 15) is 0 Å². The Morgan fingerprint density at radius 1 is 1.33 bits per heavy atom. The Kier molecular flexibility index (Phi) is 4.36. The average molecular weight is 340 g/mol. The highest BCUT2D eigenvalue weighted by Gasteiger charge is 2.21. The first-order chi connectivity index (χ1) is 11.8. The van der Waals surface area contributed by atoms with E-state index in [1.54, 1.807) is 17.5 Å². The standard InChI is InChI=1S/C17H20N6S/c1-2-15-21-16-7-6-12(10-23(16)22-15)19-9-13-11-24-17(20-13)14-5-3-4-8-18-14/h3-5,8,11-12,19H,2,6-7,9-10H2,1H3. The summed E-state index contributed by atoms with van der Waals surface area (Å²) in [6.07, 6.45) is 4.78. The van der Waals surface area contributed by atoms with Gasteiger partial charge in [-0.2, -0.15) is 5.10 Å². The maximum atomic E-state index is 4.69. The van der Waals surface area contributed by atoms with Crippen molar-refractivity contribution >= 4 is 11.3 Å². The highest BCUT2D eigenvalue weighted by atomic mass is 32.1. The van der Waals surface area contributed by atoms with Crippen LogP contribution >= 0.6 is 11.3 Å². The number of pyridine rings is 1. The van der Waals surface area contributed by atoms with Gasteiger partial charge in [0.1, 0.15) is 10.8 Å². The van der Waals surface area contributed by atoms with E-state index < -0.39 is 0 Å². The van der Waals surface area contributed by atoms with Crippen LogP contribution in [0.4, 0.5) is 0 Å². The maximum Gasteiger partial charge on any atom is 0.150 e. The number of nitrogens with one attached hydrogen (secondary N) is 1. The average Bonchev–Trinajstić information content (AvgIpc) is 3.27. The van der Waals surface area contributed by atoms with Gasteiger partial charge in [0.25, 0.3) is 0 Å². The van der Waals surface area contributed by atoms with Gasteiger partial charge in [0.2, 0.25) is 0 Å². The highest BCUT2D eigenvalue weighted by Crippen LogP contribution is 2.21. The van der Waals surface area contributed by atoms with Crippen LogP contribution in [-0.2, 0) is 25.9 Å². The molecule has 0 bridgehead atoms. The Morgan fingerprint density at radius 2 is 2.29 bits per heavy atom. The number of aryl methyl sites for hydroxylation is 2. The summed E-state index contributed by atoms with van der Waals surface area (Å²) in [7, 11) is 0. The van der Waals surface area contributed by atoms with Crippen LogP contribution in [0.3, 0.4) is 0 Å². The van der Waals surface area contributed by atoms with Gasteiger partial charge in [-0.1, -0.05) is 13.0 Å². The summed E-state index contributed by atoms with van der Waals surface area (Å²) < 4.78 is 2.06. The molecule has 3 aromatic heterocycles. The number of hydrogen-bond acceptors (Lipinski definition) is 6. The summed E-state index contributed by atoms with van der Waals surface area (Å²) in [5, 5.41) is 11.2. The zero-order chi connectivity index (χ0) is 16.4. The van der Waals surface area contributed by atoms with Gasteiger partial charge in [-0.15, -0.1) is 11.3 Å². The molecular formula is C17H20N6S. The van der Waals surface area contributed by atoms with E-state index in [0.717, 1.165) is 60.4 Å². The lowest BCUT2D eigenvalue weighted by Crippen LogP contribution is -2.37. The molecule has 1 atom stereocenters. The van der Waals surface area contributed by atoms with Crippen LogP contribution in [0, 0.1) is 0 Å². The lowest BCUT2D eigenvalue weighted by atomic mass is 10.1. The molecule has 0 saturated heterocycles. The van der Waals surface area contributed by atoms with Gasteiger partial charge in [0.05, 0.1) is 17.9 Å². The summed E-state index contributed by atoms with van der Waals surface area (Å²) in [5.74, 6) is 2.07. The molecule has 0 aliphatic carbocycles. The van der Waals surface area contributed by atoms with Crippen LogP contribution in [0.5, 0.6) is 0 Å². The largest absolute Gasteiger partial charge is 0.306 e. The molecule has 0 saturated carbocycles. The number of hydrogen-bond donors (Lipinski definition) is 1. The zero-order valence-corrected chi connectivity index (χ0v) is 14.5. The molecule has 0 radical (unpaired) electrons. The van der Waals surface area contributed by atoms with Crippen molar-refractivity contribution in [3.05, 3.63) is 47.1 Å². The number of fused-ring (bicyclic) bond motifs is 1. The van der Waals surface area contributed by atoms with E-state index in [1.807, 2.05) is 18.2 Å². The van der Waals surface area contributed by atoms with Gasteiger partial charge in [-0.25, -0.2) is 14.6 Å². The van der Waals surface area contributed by atoms with Gasteiger partial charge in [-0.05, 0) is 18.6 Å². The molecule has 4 heterocycles. The van der Waals surface area contributed by atoms with Gasteiger partial charge < -0.3 is 5.32 Å². The first-order valence-electron chi connectivity index (χ1n) is 8.33. The molecule has 7 heteroatoms. The van der Waals surface area contributed by atoms with E-state index in [-0.39, 0.29) is 0 Å². The van der Waals surface area contributed by atoms with Crippen LogP contribution in [-0.4, -0.2) is 30.8 Å². The van der Waals surface area contributed by atoms with Crippen LogP contribution in [0.15, 0.2) is 29.8 Å². The van der Waals surface area contributed by atoms with E-state index in [4.69, 9.17) is 0 Å². The lowest BCUT2D eigenvalue weighted by Gasteiger charge is -2.23. The zero-order valence-electron chi connectivity index (χ0n) is 13.6. The molecule has 4 rings (SSSR count). The van der Waals surface area contributed by atoms with E-state index in [0.29, 0.717) is 6.04 Å². The third-order valence-corrected chi connectivity index (χ3v) is 5.14. The van der Waals surface area contributed by atoms with Crippen molar-refractivity contribution in [2.45, 2.75) is 45.3 Å². The summed E-state index contributed by atoms with van der Waals surface area (Å²) in [5.41, 5.74) is 2.00. The summed E-state index contributed by atoms with van der Waals surface area (Å²) in [6.45, 7) is 3.76. The van der Waals surface area contributed by atoms with Gasteiger partial charge >= 0.3 is 0 Å². The van der Waals surface area contributed by atoms with Gasteiger partial charge in [0, 0.05) is 37.0 Å². The number of thiazole rings is 1. The molecule has 1 aliphatic heterocycles. The summed E-state index contributed by atoms with van der Waals surface area (Å²) in [4.78, 5) is 13.6. The minimum atomic E-state index is 0.420. The quantitative estimate of drug-likeness (QED) is 0.773. The number of rotatable bonds is 5. The van der Waals surface area contributed by atoms with Crippen LogP contribution < -0.4 is 5.32 Å². The Hall–Kier alpha value is -2.12. The molecule has 24 heavy (non-hydrogen) atoms. The monoisotopic (exact) mass is 340 g/mol. The fourth-order valence-electron chi connectivity index (χ4n) is 2.92. The second-order valence-corrected chi connectivity index (χ2v) is 6.81.